The molecule has 1 atom stereocenters. The largest absolute Gasteiger partial charge is 0.440 e. The predicted octanol–water partition coefficient (Wildman–Crippen LogP) is 1.84. The fraction of sp³-hybridized carbons (Fsp3) is 1.00. The molecular weight excluding hydrogens is 212 g/mol. The minimum absolute atomic E-state index is 0.773. The molecule has 0 amide bonds. The van der Waals surface area contributed by atoms with E-state index in [0.717, 1.165) is 5.18 Å². The number of nitroso groups, excluding NO2 is 1. The van der Waals surface area contributed by atoms with E-state index >= 15 is 0 Å². The van der Waals surface area contributed by atoms with Gasteiger partial charge in [-0.2, -0.15) is 22.0 Å². The van der Waals surface area contributed by atoms with Crippen molar-refractivity contribution in [1.29, 1.82) is 0 Å². The molecule has 3 nitrogen and oxygen atoms in total. The molecule has 0 aromatic rings. The molecule has 0 bridgehead atoms. The zero-order valence-corrected chi connectivity index (χ0v) is 5.83. The molecule has 0 aromatic heterocycles. The predicted molar refractivity (Wildman–Crippen MR) is 27.6 cm³/mol. The highest BCUT2D eigenvalue weighted by atomic mass is 35.5. The molecule has 0 saturated heterocycles. The van der Waals surface area contributed by atoms with Crippen molar-refractivity contribution in [3.63, 3.8) is 0 Å². The minimum atomic E-state index is -5.84. The van der Waals surface area contributed by atoms with Crippen molar-refractivity contribution < 1.29 is 27.1 Å². The SMILES string of the molecule is O=NC(F)(F)C(O)(Cl)C(F)(F)F. The second-order valence-electron chi connectivity index (χ2n) is 1.75. The number of nitrogens with zero attached hydrogens (tertiary/aromatic N) is 1. The lowest BCUT2D eigenvalue weighted by Gasteiger charge is -2.26. The van der Waals surface area contributed by atoms with Crippen molar-refractivity contribution in [2.45, 2.75) is 17.3 Å². The van der Waals surface area contributed by atoms with E-state index in [1.807, 2.05) is 0 Å². The normalized spacial score (nSPS) is 18.6. The number of aliphatic hydroxyl groups is 1. The summed E-state index contributed by atoms with van der Waals surface area (Å²) in [5.74, 6) is 0. The molecular formula is C3HClF5NO2. The first-order chi connectivity index (χ1) is 5.06. The molecule has 72 valence electrons. The summed E-state index contributed by atoms with van der Waals surface area (Å²) < 4.78 is 58.1. The van der Waals surface area contributed by atoms with Gasteiger partial charge in [-0.3, -0.25) is 0 Å². The fourth-order valence-corrected chi connectivity index (χ4v) is 0.266. The molecule has 0 heterocycles. The van der Waals surface area contributed by atoms with Gasteiger partial charge in [-0.25, -0.2) is 0 Å². The topological polar surface area (TPSA) is 49.7 Å². The molecule has 9 heteroatoms. The highest BCUT2D eigenvalue weighted by Crippen LogP contribution is 2.45. The van der Waals surface area contributed by atoms with E-state index in [1.165, 1.54) is 0 Å². The van der Waals surface area contributed by atoms with Crippen molar-refractivity contribution in [1.82, 2.24) is 0 Å². The van der Waals surface area contributed by atoms with Crippen LogP contribution in [0.5, 0.6) is 0 Å². The van der Waals surface area contributed by atoms with Gasteiger partial charge in [0, 0.05) is 5.18 Å². The van der Waals surface area contributed by atoms with Gasteiger partial charge in [-0.05, 0) is 0 Å². The molecule has 0 aromatic carbocycles. The first kappa shape index (κ1) is 11.5. The molecule has 0 fully saturated rings. The number of alkyl halides is 6. The first-order valence-corrected chi connectivity index (χ1v) is 2.64. The lowest BCUT2D eigenvalue weighted by molar-refractivity contribution is -0.290. The molecule has 0 radical (unpaired) electrons. The maximum absolute atomic E-state index is 11.8. The number of hydrogen-bond donors (Lipinski definition) is 1. The summed E-state index contributed by atoms with van der Waals surface area (Å²) >= 11 is 3.99. The van der Waals surface area contributed by atoms with Crippen LogP contribution in [0.4, 0.5) is 22.0 Å². The van der Waals surface area contributed by atoms with Gasteiger partial charge in [0.25, 0.3) is 0 Å². The number of rotatable bonds is 2. The Morgan fingerprint density at radius 1 is 1.17 bits per heavy atom. The minimum Gasteiger partial charge on any atom is -0.361 e. The third-order valence-electron chi connectivity index (χ3n) is 0.889. The Bertz CT molecular complexity index is 190. The van der Waals surface area contributed by atoms with Gasteiger partial charge in [0.1, 0.15) is 0 Å². The Morgan fingerprint density at radius 2 is 1.50 bits per heavy atom. The molecule has 0 aliphatic rings. The monoisotopic (exact) mass is 213 g/mol. The van der Waals surface area contributed by atoms with Gasteiger partial charge >= 0.3 is 17.3 Å². The summed E-state index contributed by atoms with van der Waals surface area (Å²) in [7, 11) is 0. The van der Waals surface area contributed by atoms with Crippen molar-refractivity contribution in [3.05, 3.63) is 4.91 Å². The van der Waals surface area contributed by atoms with Crippen LogP contribution in [0.3, 0.4) is 0 Å². The van der Waals surface area contributed by atoms with Gasteiger partial charge in [0.05, 0.1) is 0 Å². The van der Waals surface area contributed by atoms with Crippen LogP contribution in [0.25, 0.3) is 0 Å². The van der Waals surface area contributed by atoms with E-state index in [2.05, 4.69) is 11.6 Å². The average molecular weight is 213 g/mol. The zero-order valence-electron chi connectivity index (χ0n) is 5.07. The van der Waals surface area contributed by atoms with Gasteiger partial charge in [-0.15, -0.1) is 4.91 Å². The van der Waals surface area contributed by atoms with Gasteiger partial charge < -0.3 is 5.11 Å². The molecule has 0 saturated carbocycles. The van der Waals surface area contributed by atoms with Crippen LogP contribution in [0, 0.1) is 4.91 Å². The molecule has 0 aliphatic heterocycles. The van der Waals surface area contributed by atoms with Crippen LogP contribution >= 0.6 is 11.6 Å². The van der Waals surface area contributed by atoms with Crippen molar-refractivity contribution in [3.8, 4) is 0 Å². The van der Waals surface area contributed by atoms with E-state index < -0.39 is 17.3 Å². The Morgan fingerprint density at radius 3 is 1.58 bits per heavy atom. The summed E-state index contributed by atoms with van der Waals surface area (Å²) in [6.07, 6.45) is -5.84. The van der Waals surface area contributed by atoms with Gasteiger partial charge in [0.15, 0.2) is 0 Å². The number of hydrogen-bond acceptors (Lipinski definition) is 3. The van der Waals surface area contributed by atoms with E-state index in [0.29, 0.717) is 0 Å². The zero-order chi connectivity index (χ0) is 10.2. The summed E-state index contributed by atoms with van der Waals surface area (Å²) in [6.45, 7) is 0. The molecule has 12 heavy (non-hydrogen) atoms. The van der Waals surface area contributed by atoms with Gasteiger partial charge in [-0.1, -0.05) is 11.6 Å². The first-order valence-electron chi connectivity index (χ1n) is 2.26. The van der Waals surface area contributed by atoms with Crippen LogP contribution in [0.2, 0.25) is 0 Å². The molecule has 1 unspecified atom stereocenters. The van der Waals surface area contributed by atoms with Crippen LogP contribution in [0.1, 0.15) is 0 Å². The van der Waals surface area contributed by atoms with Crippen molar-refractivity contribution in [2.75, 3.05) is 0 Å². The molecule has 1 N–H and O–H groups in total. The second-order valence-corrected chi connectivity index (χ2v) is 2.30. The summed E-state index contributed by atoms with van der Waals surface area (Å²) in [5, 5.41) is 3.79. The fourth-order valence-electron chi connectivity index (χ4n) is 0.231. The maximum atomic E-state index is 11.8. The quantitative estimate of drug-likeness (QED) is 0.329. The Labute approximate surface area is 67.1 Å². The maximum Gasteiger partial charge on any atom is 0.440 e. The van der Waals surface area contributed by atoms with E-state index in [9.17, 15) is 26.9 Å². The summed E-state index contributed by atoms with van der Waals surface area (Å²) in [5.41, 5.74) is 0. The lowest BCUT2D eigenvalue weighted by atomic mass is 10.3. The Hall–Kier alpha value is -0.500. The van der Waals surface area contributed by atoms with Gasteiger partial charge in [0.2, 0.25) is 0 Å². The van der Waals surface area contributed by atoms with E-state index in [-0.39, 0.29) is 0 Å². The van der Waals surface area contributed by atoms with Crippen LogP contribution in [0.15, 0.2) is 5.18 Å². The summed E-state index contributed by atoms with van der Waals surface area (Å²) in [4.78, 5) is 9.18. The highest BCUT2D eigenvalue weighted by molar-refractivity contribution is 6.24. The second kappa shape index (κ2) is 2.77. The average Bonchev–Trinajstić information content (AvgIpc) is 1.85. The third kappa shape index (κ3) is 1.63. The van der Waals surface area contributed by atoms with E-state index in [1.54, 1.807) is 0 Å². The van der Waals surface area contributed by atoms with E-state index in [4.69, 9.17) is 5.11 Å². The smallest absolute Gasteiger partial charge is 0.361 e. The van der Waals surface area contributed by atoms with Crippen LogP contribution < -0.4 is 0 Å². The lowest BCUT2D eigenvalue weighted by Crippen LogP contribution is -2.53. The summed E-state index contributed by atoms with van der Waals surface area (Å²) in [6, 6.07) is -5.31. The Kier molecular flexibility index (Phi) is 2.65. The Balaban J connectivity index is 4.97. The molecule has 0 aliphatic carbocycles. The van der Waals surface area contributed by atoms with Crippen LogP contribution in [-0.2, 0) is 0 Å². The molecule has 0 rings (SSSR count). The van der Waals surface area contributed by atoms with Crippen molar-refractivity contribution in [2.24, 2.45) is 5.18 Å². The standard InChI is InChI=1S/C3HClF5NO2/c4-1(11,2(5,6)7)3(8,9)10-12/h11H. The number of halogens is 6. The molecule has 0 spiro atoms. The van der Waals surface area contributed by atoms with Crippen LogP contribution in [-0.4, -0.2) is 22.4 Å². The van der Waals surface area contributed by atoms with Crippen molar-refractivity contribution >= 4 is 11.6 Å². The third-order valence-corrected chi connectivity index (χ3v) is 1.33. The highest BCUT2D eigenvalue weighted by Gasteiger charge is 2.70.